The highest BCUT2D eigenvalue weighted by molar-refractivity contribution is 5.44. The van der Waals surface area contributed by atoms with Crippen molar-refractivity contribution in [2.45, 2.75) is 31.0 Å². The minimum Gasteiger partial charge on any atom is -0.486 e. The van der Waals surface area contributed by atoms with Crippen molar-refractivity contribution in [1.29, 1.82) is 0 Å². The van der Waals surface area contributed by atoms with Crippen LogP contribution in [-0.4, -0.2) is 60.5 Å². The Kier molecular flexibility index (Phi) is 5.18. The molecule has 4 rings (SSSR count). The fraction of sp³-hybridized carbons (Fsp3) is 0.478. The van der Waals surface area contributed by atoms with E-state index in [1.165, 1.54) is 12.1 Å². The molecular weight excluding hydrogens is 368 g/mol. The zero-order chi connectivity index (χ0) is 23.6. The standard InChI is InChI=1S/C23H30N2O4/c26-16-20(17-6-2-1-3-7-17)24-19(15-25-10-4-5-11-25)23(27)18-8-9-21-22(14-18)29-13-12-28-21/h1-3,6-9,14,19-20,23-24,26-27H,4-5,10-13,15-16H2/t19-,20?,23-/m1/s1/i12D2,13D2. The average Bonchev–Trinajstić information content (AvgIpc) is 3.30. The molecule has 2 aromatic rings. The number of nitrogens with zero attached hydrogens (tertiary/aromatic N) is 1. The SMILES string of the molecule is [2H]C1([2H])Oc2ccc([C@@H](O)[C@@H](CN3CCCC3)NC(CO)c3ccccc3)cc2OC1([2H])[2H]. The molecule has 2 heterocycles. The minimum atomic E-state index is -2.67. The molecule has 6 nitrogen and oxygen atoms in total. The number of hydrogen-bond donors (Lipinski definition) is 3. The van der Waals surface area contributed by atoms with Crippen molar-refractivity contribution in [3.8, 4) is 11.5 Å². The summed E-state index contributed by atoms with van der Waals surface area (Å²) in [5.74, 6) is 0.112. The summed E-state index contributed by atoms with van der Waals surface area (Å²) in [5.41, 5.74) is 1.40. The number of rotatable bonds is 8. The third-order valence-corrected chi connectivity index (χ3v) is 5.51. The smallest absolute Gasteiger partial charge is 0.161 e. The lowest BCUT2D eigenvalue weighted by molar-refractivity contribution is 0.0908. The molecule has 1 unspecified atom stereocenters. The topological polar surface area (TPSA) is 74.2 Å². The highest BCUT2D eigenvalue weighted by Gasteiger charge is 2.28. The summed E-state index contributed by atoms with van der Waals surface area (Å²) in [4.78, 5) is 2.27. The van der Waals surface area contributed by atoms with Crippen LogP contribution in [0.1, 0.15) is 41.6 Å². The van der Waals surface area contributed by atoms with Gasteiger partial charge in [-0.05, 0) is 49.2 Å². The van der Waals surface area contributed by atoms with Crippen LogP contribution in [0.5, 0.6) is 11.5 Å². The molecule has 2 aliphatic rings. The first-order valence-corrected chi connectivity index (χ1v) is 10.0. The average molecular weight is 403 g/mol. The Balaban J connectivity index is 1.59. The number of benzene rings is 2. The maximum absolute atomic E-state index is 11.3. The van der Waals surface area contributed by atoms with Gasteiger partial charge in [-0.15, -0.1) is 0 Å². The predicted molar refractivity (Wildman–Crippen MR) is 111 cm³/mol. The van der Waals surface area contributed by atoms with Crippen LogP contribution in [0, 0.1) is 0 Å². The number of likely N-dealkylation sites (tertiary alicyclic amines) is 1. The van der Waals surface area contributed by atoms with Gasteiger partial charge in [0.2, 0.25) is 0 Å². The monoisotopic (exact) mass is 402 g/mol. The van der Waals surface area contributed by atoms with E-state index in [4.69, 9.17) is 15.0 Å². The summed E-state index contributed by atoms with van der Waals surface area (Å²) in [6.07, 6.45) is 1.22. The second kappa shape index (κ2) is 9.59. The van der Waals surface area contributed by atoms with E-state index in [1.807, 2.05) is 30.3 Å². The molecule has 1 saturated heterocycles. The van der Waals surface area contributed by atoms with E-state index in [1.54, 1.807) is 6.07 Å². The van der Waals surface area contributed by atoms with Crippen LogP contribution in [-0.2, 0) is 0 Å². The first kappa shape index (κ1) is 15.7. The normalized spacial score (nSPS) is 25.2. The molecule has 0 amide bonds. The molecule has 3 atom stereocenters. The Morgan fingerprint density at radius 3 is 2.45 bits per heavy atom. The van der Waals surface area contributed by atoms with E-state index in [0.29, 0.717) is 12.1 Å². The molecule has 3 N–H and O–H groups in total. The zero-order valence-corrected chi connectivity index (χ0v) is 16.3. The van der Waals surface area contributed by atoms with Gasteiger partial charge in [-0.3, -0.25) is 0 Å². The molecule has 1 fully saturated rings. The van der Waals surface area contributed by atoms with Crippen molar-refractivity contribution in [1.82, 2.24) is 10.2 Å². The largest absolute Gasteiger partial charge is 0.486 e. The van der Waals surface area contributed by atoms with E-state index in [-0.39, 0.29) is 24.1 Å². The van der Waals surface area contributed by atoms with Crippen molar-refractivity contribution >= 4 is 0 Å². The number of hydrogen-bond acceptors (Lipinski definition) is 6. The van der Waals surface area contributed by atoms with Crippen molar-refractivity contribution in [3.05, 3.63) is 59.7 Å². The van der Waals surface area contributed by atoms with Crippen molar-refractivity contribution in [2.75, 3.05) is 39.4 Å². The fourth-order valence-corrected chi connectivity index (χ4v) is 3.94. The van der Waals surface area contributed by atoms with Crippen molar-refractivity contribution < 1.29 is 25.2 Å². The maximum atomic E-state index is 11.3. The van der Waals surface area contributed by atoms with Crippen LogP contribution in [0.4, 0.5) is 0 Å². The van der Waals surface area contributed by atoms with Crippen molar-refractivity contribution in [2.24, 2.45) is 0 Å². The lowest BCUT2D eigenvalue weighted by Crippen LogP contribution is -2.46. The second-order valence-electron chi connectivity index (χ2n) is 7.49. The van der Waals surface area contributed by atoms with E-state index in [0.717, 1.165) is 31.5 Å². The van der Waals surface area contributed by atoms with Crippen molar-refractivity contribution in [3.63, 3.8) is 0 Å². The first-order chi connectivity index (χ1) is 15.7. The molecule has 0 aliphatic carbocycles. The van der Waals surface area contributed by atoms with Gasteiger partial charge in [0, 0.05) is 6.54 Å². The Hall–Kier alpha value is -2.12. The second-order valence-corrected chi connectivity index (χ2v) is 7.49. The quantitative estimate of drug-likeness (QED) is 0.629. The van der Waals surface area contributed by atoms with E-state index < -0.39 is 25.3 Å². The lowest BCUT2D eigenvalue weighted by atomic mass is 9.98. The zero-order valence-electron chi connectivity index (χ0n) is 20.3. The summed E-state index contributed by atoms with van der Waals surface area (Å²) in [7, 11) is 0. The van der Waals surface area contributed by atoms with Crippen LogP contribution in [0.15, 0.2) is 48.5 Å². The Morgan fingerprint density at radius 2 is 1.72 bits per heavy atom. The first-order valence-electron chi connectivity index (χ1n) is 12.0. The summed E-state index contributed by atoms with van der Waals surface area (Å²) in [5, 5.41) is 24.8. The molecule has 0 bridgehead atoms. The molecule has 0 spiro atoms. The lowest BCUT2D eigenvalue weighted by Gasteiger charge is -2.32. The molecule has 2 aromatic carbocycles. The molecule has 0 aromatic heterocycles. The number of nitrogens with one attached hydrogen (secondary N) is 1. The maximum Gasteiger partial charge on any atom is 0.161 e. The molecule has 0 radical (unpaired) electrons. The molecule has 6 heteroatoms. The van der Waals surface area contributed by atoms with Crippen LogP contribution in [0.2, 0.25) is 0 Å². The Morgan fingerprint density at radius 1 is 1.00 bits per heavy atom. The van der Waals surface area contributed by atoms with Gasteiger partial charge in [-0.2, -0.15) is 0 Å². The number of ether oxygens (including phenoxy) is 2. The van der Waals surface area contributed by atoms with E-state index in [9.17, 15) is 10.2 Å². The third kappa shape index (κ3) is 4.90. The Labute approximate surface area is 177 Å². The van der Waals surface area contributed by atoms with Gasteiger partial charge in [-0.1, -0.05) is 36.4 Å². The van der Waals surface area contributed by atoms with E-state index >= 15 is 0 Å². The van der Waals surface area contributed by atoms with Crippen LogP contribution >= 0.6 is 0 Å². The molecule has 29 heavy (non-hydrogen) atoms. The molecule has 0 saturated carbocycles. The number of fused-ring (bicyclic) bond motifs is 1. The van der Waals surface area contributed by atoms with Gasteiger partial charge >= 0.3 is 0 Å². The summed E-state index contributed by atoms with van der Waals surface area (Å²) in [6, 6.07) is 13.4. The van der Waals surface area contributed by atoms with Gasteiger partial charge in [-0.25, -0.2) is 0 Å². The highest BCUT2D eigenvalue weighted by atomic mass is 16.6. The third-order valence-electron chi connectivity index (χ3n) is 5.51. The molecule has 156 valence electrons. The van der Waals surface area contributed by atoms with Gasteiger partial charge in [0.1, 0.15) is 13.1 Å². The number of aliphatic hydroxyl groups is 2. The summed E-state index contributed by atoms with van der Waals surface area (Å²) >= 11 is 0. The predicted octanol–water partition coefficient (Wildman–Crippen LogP) is 2.28. The van der Waals surface area contributed by atoms with Crippen LogP contribution in [0.3, 0.4) is 0 Å². The number of aliphatic hydroxyl groups excluding tert-OH is 2. The molecule has 2 aliphatic heterocycles. The van der Waals surface area contributed by atoms with Crippen LogP contribution < -0.4 is 14.8 Å². The van der Waals surface area contributed by atoms with Gasteiger partial charge in [0.05, 0.1) is 30.3 Å². The fourth-order valence-electron chi connectivity index (χ4n) is 3.94. The summed E-state index contributed by atoms with van der Waals surface area (Å²) in [6.45, 7) is -2.99. The van der Waals surface area contributed by atoms with E-state index in [2.05, 4.69) is 10.2 Å². The molecular formula is C23H30N2O4. The van der Waals surface area contributed by atoms with Gasteiger partial charge in [0.25, 0.3) is 0 Å². The van der Waals surface area contributed by atoms with Gasteiger partial charge in [0.15, 0.2) is 11.5 Å². The minimum absolute atomic E-state index is 0.0355. The van der Waals surface area contributed by atoms with Crippen LogP contribution in [0.25, 0.3) is 0 Å². The summed E-state index contributed by atoms with van der Waals surface area (Å²) < 4.78 is 41.5. The van der Waals surface area contributed by atoms with Gasteiger partial charge < -0.3 is 29.9 Å². The Bertz CT molecular complexity index is 941. The highest BCUT2D eigenvalue weighted by Crippen LogP contribution is 2.34.